The zero-order valence-electron chi connectivity index (χ0n) is 15.1. The summed E-state index contributed by atoms with van der Waals surface area (Å²) in [4.78, 5) is 13.8. The van der Waals surface area contributed by atoms with Crippen LogP contribution >= 0.6 is 11.8 Å². The van der Waals surface area contributed by atoms with E-state index in [2.05, 4.69) is 10.2 Å². The molecule has 0 unspecified atom stereocenters. The average molecular weight is 426 g/mol. The molecule has 1 saturated carbocycles. The van der Waals surface area contributed by atoms with E-state index in [9.17, 15) is 17.6 Å². The van der Waals surface area contributed by atoms with Crippen LogP contribution in [0.1, 0.15) is 18.9 Å². The van der Waals surface area contributed by atoms with Gasteiger partial charge in [-0.1, -0.05) is 23.9 Å². The van der Waals surface area contributed by atoms with E-state index in [4.69, 9.17) is 0 Å². The van der Waals surface area contributed by atoms with Crippen molar-refractivity contribution in [3.05, 3.63) is 36.4 Å². The van der Waals surface area contributed by atoms with E-state index in [1.54, 1.807) is 11.2 Å². The molecule has 2 heterocycles. The lowest BCUT2D eigenvalue weighted by Crippen LogP contribution is -2.51. The number of nitrogens with zero attached hydrogens (tertiary/aromatic N) is 5. The first-order valence-electron chi connectivity index (χ1n) is 9.01. The summed E-state index contributed by atoms with van der Waals surface area (Å²) in [7, 11) is -3.90. The Balaban J connectivity index is 1.33. The van der Waals surface area contributed by atoms with Crippen LogP contribution in [0.4, 0.5) is 4.39 Å². The van der Waals surface area contributed by atoms with Crippen LogP contribution in [0.5, 0.6) is 0 Å². The third-order valence-electron chi connectivity index (χ3n) is 4.85. The van der Waals surface area contributed by atoms with E-state index in [-0.39, 0.29) is 42.7 Å². The summed E-state index contributed by atoms with van der Waals surface area (Å²) in [5, 5.41) is 8.71. The number of amides is 1. The van der Waals surface area contributed by atoms with Crippen LogP contribution in [0.15, 0.2) is 40.6 Å². The van der Waals surface area contributed by atoms with Crippen molar-refractivity contribution >= 4 is 27.7 Å². The van der Waals surface area contributed by atoms with Crippen molar-refractivity contribution in [1.82, 2.24) is 24.0 Å². The minimum atomic E-state index is -3.90. The smallest absolute Gasteiger partial charge is 0.246 e. The Labute approximate surface area is 166 Å². The van der Waals surface area contributed by atoms with Gasteiger partial charge in [0.25, 0.3) is 0 Å². The fourth-order valence-corrected chi connectivity index (χ4v) is 5.50. The maximum atomic E-state index is 13.9. The largest absolute Gasteiger partial charge is 0.339 e. The summed E-state index contributed by atoms with van der Waals surface area (Å²) in [6, 6.07) is 5.78. The second-order valence-electron chi connectivity index (χ2n) is 6.76. The fourth-order valence-electron chi connectivity index (χ4n) is 3.13. The highest BCUT2D eigenvalue weighted by Gasteiger charge is 2.32. The lowest BCUT2D eigenvalue weighted by atomic mass is 10.3. The van der Waals surface area contributed by atoms with Crippen molar-refractivity contribution in [2.24, 2.45) is 0 Å². The minimum Gasteiger partial charge on any atom is -0.339 e. The van der Waals surface area contributed by atoms with Crippen LogP contribution in [0.2, 0.25) is 0 Å². The lowest BCUT2D eigenvalue weighted by molar-refractivity contribution is -0.129. The molecule has 1 saturated heterocycles. The average Bonchev–Trinajstić information content (AvgIpc) is 3.44. The molecule has 0 N–H and O–H groups in total. The summed E-state index contributed by atoms with van der Waals surface area (Å²) in [5.41, 5.74) is 0. The normalized spacial score (nSPS) is 18.4. The minimum absolute atomic E-state index is 0.0710. The maximum absolute atomic E-state index is 13.9. The van der Waals surface area contributed by atoms with E-state index in [1.165, 1.54) is 34.3 Å². The van der Waals surface area contributed by atoms with Crippen LogP contribution in [0.3, 0.4) is 0 Å². The first-order chi connectivity index (χ1) is 13.5. The van der Waals surface area contributed by atoms with E-state index in [0.29, 0.717) is 6.04 Å². The second kappa shape index (κ2) is 7.80. The highest BCUT2D eigenvalue weighted by atomic mass is 32.2. The monoisotopic (exact) mass is 425 g/mol. The Bertz CT molecular complexity index is 969. The molecule has 0 atom stereocenters. The predicted octanol–water partition coefficient (Wildman–Crippen LogP) is 1.38. The Kier molecular flexibility index (Phi) is 5.39. The van der Waals surface area contributed by atoms with Crippen LogP contribution in [-0.2, 0) is 14.8 Å². The van der Waals surface area contributed by atoms with Gasteiger partial charge < -0.3 is 9.47 Å². The third-order valence-corrected chi connectivity index (χ3v) is 7.72. The number of benzene rings is 1. The molecular weight excluding hydrogens is 405 g/mol. The Morgan fingerprint density at radius 2 is 1.89 bits per heavy atom. The molecular formula is C17H20FN5O3S2. The van der Waals surface area contributed by atoms with E-state index >= 15 is 0 Å². The van der Waals surface area contributed by atoms with Gasteiger partial charge in [-0.05, 0) is 25.0 Å². The molecule has 1 aliphatic heterocycles. The van der Waals surface area contributed by atoms with E-state index < -0.39 is 15.8 Å². The van der Waals surface area contributed by atoms with E-state index in [1.807, 2.05) is 4.57 Å². The lowest BCUT2D eigenvalue weighted by Gasteiger charge is -2.34. The van der Waals surface area contributed by atoms with E-state index in [0.717, 1.165) is 24.1 Å². The Morgan fingerprint density at radius 3 is 2.57 bits per heavy atom. The molecule has 11 heteroatoms. The molecule has 1 aromatic heterocycles. The number of rotatable bonds is 6. The second-order valence-corrected chi connectivity index (χ2v) is 9.60. The molecule has 0 radical (unpaired) electrons. The highest BCUT2D eigenvalue weighted by Crippen LogP contribution is 2.37. The van der Waals surface area contributed by atoms with Gasteiger partial charge in [-0.15, -0.1) is 10.2 Å². The number of hydrogen-bond acceptors (Lipinski definition) is 6. The SMILES string of the molecule is O=C(CSc1nncn1C1CC1)N1CCN(S(=O)(=O)c2ccccc2F)CC1. The number of piperazine rings is 1. The molecule has 0 spiro atoms. The number of thioether (sulfide) groups is 1. The Morgan fingerprint density at radius 1 is 1.18 bits per heavy atom. The van der Waals surface area contributed by atoms with Crippen molar-refractivity contribution in [2.75, 3.05) is 31.9 Å². The zero-order chi connectivity index (χ0) is 19.7. The summed E-state index contributed by atoms with van der Waals surface area (Å²) >= 11 is 1.35. The van der Waals surface area contributed by atoms with Crippen molar-refractivity contribution < 1.29 is 17.6 Å². The van der Waals surface area contributed by atoms with Gasteiger partial charge in [-0.2, -0.15) is 4.31 Å². The maximum Gasteiger partial charge on any atom is 0.246 e. The van der Waals surface area contributed by atoms with Crippen LogP contribution < -0.4 is 0 Å². The summed E-state index contributed by atoms with van der Waals surface area (Å²) in [6.45, 7) is 0.849. The van der Waals surface area contributed by atoms with Crippen molar-refractivity contribution in [1.29, 1.82) is 0 Å². The zero-order valence-corrected chi connectivity index (χ0v) is 16.7. The van der Waals surface area contributed by atoms with Crippen molar-refractivity contribution in [3.63, 3.8) is 0 Å². The molecule has 150 valence electrons. The third kappa shape index (κ3) is 3.91. The van der Waals surface area contributed by atoms with Gasteiger partial charge in [0, 0.05) is 32.2 Å². The number of aromatic nitrogens is 3. The molecule has 4 rings (SSSR count). The number of carbonyl (C=O) groups excluding carboxylic acids is 1. The summed E-state index contributed by atoms with van der Waals surface area (Å²) in [5.74, 6) is -0.610. The van der Waals surface area contributed by atoms with Gasteiger partial charge in [0.2, 0.25) is 15.9 Å². The first-order valence-corrected chi connectivity index (χ1v) is 11.4. The highest BCUT2D eigenvalue weighted by molar-refractivity contribution is 7.99. The Hall–Kier alpha value is -1.98. The van der Waals surface area contributed by atoms with Gasteiger partial charge in [0.1, 0.15) is 17.0 Å². The molecule has 8 nitrogen and oxygen atoms in total. The van der Waals surface area contributed by atoms with Crippen LogP contribution in [-0.4, -0.2) is 70.2 Å². The van der Waals surface area contributed by atoms with Gasteiger partial charge in [-0.3, -0.25) is 4.79 Å². The number of carbonyl (C=O) groups is 1. The van der Waals surface area contributed by atoms with Gasteiger partial charge in [-0.25, -0.2) is 12.8 Å². The van der Waals surface area contributed by atoms with Crippen molar-refractivity contribution in [2.45, 2.75) is 28.9 Å². The summed E-state index contributed by atoms with van der Waals surface area (Å²) < 4.78 is 42.4. The molecule has 2 fully saturated rings. The van der Waals surface area contributed by atoms with Crippen LogP contribution in [0, 0.1) is 5.82 Å². The van der Waals surface area contributed by atoms with Gasteiger partial charge >= 0.3 is 0 Å². The van der Waals surface area contributed by atoms with Gasteiger partial charge in [0.15, 0.2) is 5.16 Å². The number of hydrogen-bond donors (Lipinski definition) is 0. The standard InChI is InChI=1S/C17H20FN5O3S2/c18-14-3-1-2-4-15(14)28(25,26)22-9-7-21(8-10-22)16(24)11-27-17-20-19-12-23(17)13-5-6-13/h1-4,12-13H,5-11H2. The predicted molar refractivity (Wildman–Crippen MR) is 101 cm³/mol. The molecule has 0 bridgehead atoms. The first kappa shape index (κ1) is 19.3. The summed E-state index contributed by atoms with van der Waals surface area (Å²) in [6.07, 6.45) is 3.91. The van der Waals surface area contributed by atoms with Crippen LogP contribution in [0.25, 0.3) is 0 Å². The number of halogens is 1. The topological polar surface area (TPSA) is 88.4 Å². The molecule has 2 aromatic rings. The number of sulfonamides is 1. The fraction of sp³-hybridized carbons (Fsp3) is 0.471. The van der Waals surface area contributed by atoms with Crippen molar-refractivity contribution in [3.8, 4) is 0 Å². The molecule has 1 amide bonds. The van der Waals surface area contributed by atoms with Gasteiger partial charge in [0.05, 0.1) is 5.75 Å². The molecule has 1 aliphatic carbocycles. The quantitative estimate of drug-likeness (QED) is 0.650. The molecule has 1 aromatic carbocycles. The molecule has 28 heavy (non-hydrogen) atoms. The molecule has 2 aliphatic rings.